The molecule has 3 rings (SSSR count). The zero-order chi connectivity index (χ0) is 28.0. The van der Waals surface area contributed by atoms with Crippen molar-refractivity contribution in [2.75, 3.05) is 5.73 Å². The number of hydrogen-bond acceptors (Lipinski definition) is 7. The number of phosphoric acid groups is 3. The lowest BCUT2D eigenvalue weighted by Gasteiger charge is -2.20. The molecule has 21 heteroatoms. The summed E-state index contributed by atoms with van der Waals surface area (Å²) in [6.07, 6.45) is 8.20. The maximum atomic E-state index is 10.2. The third kappa shape index (κ3) is 14.6. The molecule has 3 atom stereocenters. The molecule has 0 saturated heterocycles. The van der Waals surface area contributed by atoms with E-state index >= 15 is 0 Å². The van der Waals surface area contributed by atoms with Crippen LogP contribution in [0, 0.1) is 17.8 Å². The molecule has 0 unspecified atom stereocenters. The molecular weight excluding hydrogens is 561 g/mol. The van der Waals surface area contributed by atoms with Crippen LogP contribution >= 0.6 is 35.1 Å². The predicted molar refractivity (Wildman–Crippen MR) is 121 cm³/mol. The minimum absolute atomic E-state index is 0.0777. The molecule has 0 spiro atoms. The molecule has 17 nitrogen and oxygen atoms in total. The lowest BCUT2D eigenvalue weighted by Crippen LogP contribution is -2.23. The number of nitrogen functional groups attached to an aromatic ring is 1. The van der Waals surface area contributed by atoms with Crippen molar-refractivity contribution in [1.82, 2.24) is 14.5 Å². The molecule has 0 aromatic carbocycles. The molecule has 2 heterocycles. The maximum Gasteiger partial charge on any atom is 0.466 e. The third-order valence-electron chi connectivity index (χ3n) is 4.19. The summed E-state index contributed by atoms with van der Waals surface area (Å²) in [6.45, 7) is 1.90. The van der Waals surface area contributed by atoms with E-state index in [1.165, 1.54) is 0 Å². The van der Waals surface area contributed by atoms with Crippen molar-refractivity contribution < 1.29 is 62.8 Å². The van der Waals surface area contributed by atoms with Crippen molar-refractivity contribution in [2.45, 2.75) is 31.9 Å². The van der Waals surface area contributed by atoms with Crippen molar-refractivity contribution in [3.63, 3.8) is 0 Å². The number of anilines is 1. The molecule has 12 N–H and O–H groups in total. The number of terminal acetylenes is 1. The van der Waals surface area contributed by atoms with E-state index in [1.54, 1.807) is 0 Å². The Labute approximate surface area is 202 Å². The Bertz CT molecular complexity index is 1110. The van der Waals surface area contributed by atoms with E-state index in [4.69, 9.17) is 81.5 Å². The first-order chi connectivity index (χ1) is 15.4. The number of aliphatic hydroxyl groups excluding tert-OH is 1. The average molecular weight is 585 g/mol. The lowest BCUT2D eigenvalue weighted by atomic mass is 9.88. The zero-order valence-electron chi connectivity index (χ0n) is 17.6. The van der Waals surface area contributed by atoms with E-state index in [-0.39, 0.29) is 11.3 Å². The fourth-order valence-corrected chi connectivity index (χ4v) is 3.09. The molecule has 200 valence electrons. The predicted octanol–water partition coefficient (Wildman–Crippen LogP) is -0.784. The van der Waals surface area contributed by atoms with Gasteiger partial charge in [0.05, 0.1) is 16.9 Å². The monoisotopic (exact) mass is 584 g/mol. The SMILES string of the molecule is C#C[C@]1(C)C[C@@H](n2ccc3c(N)nc(Cl)nc32)C[C@@H]1O.O=P(O)(O)O.O=P(O)(O)O.O=P(O)(O)O. The molecule has 0 aliphatic heterocycles. The molecule has 1 aliphatic carbocycles. The summed E-state index contributed by atoms with van der Waals surface area (Å²) in [4.78, 5) is 72.9. The van der Waals surface area contributed by atoms with Crippen LogP contribution in [-0.2, 0) is 13.7 Å². The van der Waals surface area contributed by atoms with Crippen molar-refractivity contribution >= 4 is 51.9 Å². The van der Waals surface area contributed by atoms with Gasteiger partial charge in [-0.15, -0.1) is 6.42 Å². The summed E-state index contributed by atoms with van der Waals surface area (Å²) in [5.41, 5.74) is 6.02. The smallest absolute Gasteiger partial charge is 0.391 e. The Hall–Kier alpha value is -1.44. The van der Waals surface area contributed by atoms with Crippen LogP contribution in [0.25, 0.3) is 11.0 Å². The number of halogens is 1. The second-order valence-corrected chi connectivity index (χ2v) is 10.5. The summed E-state index contributed by atoms with van der Waals surface area (Å²) in [6, 6.07) is 1.94. The Morgan fingerprint density at radius 1 is 1.06 bits per heavy atom. The largest absolute Gasteiger partial charge is 0.466 e. The van der Waals surface area contributed by atoms with Gasteiger partial charge in [0, 0.05) is 12.2 Å². The first kappa shape index (κ1) is 33.6. The van der Waals surface area contributed by atoms with Gasteiger partial charge in [0.1, 0.15) is 11.5 Å². The highest BCUT2D eigenvalue weighted by Gasteiger charge is 2.42. The van der Waals surface area contributed by atoms with Gasteiger partial charge < -0.3 is 59.4 Å². The molecule has 1 fully saturated rings. The number of nitrogens with zero attached hydrogens (tertiary/aromatic N) is 3. The van der Waals surface area contributed by atoms with Gasteiger partial charge in [0.2, 0.25) is 5.28 Å². The van der Waals surface area contributed by atoms with Crippen LogP contribution in [0.15, 0.2) is 12.3 Å². The Balaban J connectivity index is 0.000000635. The highest BCUT2D eigenvalue weighted by atomic mass is 35.5. The second kappa shape index (κ2) is 12.7. The maximum absolute atomic E-state index is 10.2. The fraction of sp³-hybridized carbons (Fsp3) is 0.429. The van der Waals surface area contributed by atoms with E-state index in [0.717, 1.165) is 5.39 Å². The van der Waals surface area contributed by atoms with Crippen LogP contribution in [0.1, 0.15) is 25.8 Å². The van der Waals surface area contributed by atoms with Crippen LogP contribution in [0.5, 0.6) is 0 Å². The second-order valence-electron chi connectivity index (χ2n) is 7.05. The van der Waals surface area contributed by atoms with Gasteiger partial charge >= 0.3 is 23.5 Å². The van der Waals surface area contributed by atoms with Gasteiger partial charge in [0.15, 0.2) is 0 Å². The molecule has 0 radical (unpaired) electrons. The van der Waals surface area contributed by atoms with E-state index in [2.05, 4.69) is 15.9 Å². The van der Waals surface area contributed by atoms with Crippen LogP contribution < -0.4 is 5.73 Å². The van der Waals surface area contributed by atoms with E-state index < -0.39 is 35.0 Å². The number of hydrogen-bond donors (Lipinski definition) is 11. The summed E-state index contributed by atoms with van der Waals surface area (Å²) >= 11 is 5.87. The number of aliphatic hydroxyl groups is 1. The standard InChI is InChI=1S/C14H15ClN4O.3H3O4P/c1-3-14(2)7-8(6-10(14)20)19-5-4-9-11(16)17-13(15)18-12(9)19;3*1-5(2,3)4/h1,4-5,8,10,20H,6-7H2,2H3,(H2,16,17,18);3*(H3,1,2,3,4)/t8-,10-,14+;;;/m0.../s1. The van der Waals surface area contributed by atoms with E-state index in [9.17, 15) is 5.11 Å². The number of aromatic nitrogens is 3. The van der Waals surface area contributed by atoms with Crippen LogP contribution in [-0.4, -0.2) is 69.8 Å². The summed E-state index contributed by atoms with van der Waals surface area (Å²) in [5, 5.41) is 11.0. The van der Waals surface area contributed by atoms with Crippen LogP contribution in [0.2, 0.25) is 5.28 Å². The van der Waals surface area contributed by atoms with Gasteiger partial charge in [-0.05, 0) is 37.4 Å². The third-order valence-corrected chi connectivity index (χ3v) is 4.36. The number of nitrogens with two attached hydrogens (primary N) is 1. The van der Waals surface area contributed by atoms with Gasteiger partial charge in [-0.25, -0.2) is 18.7 Å². The molecule has 1 saturated carbocycles. The normalized spacial score (nSPS) is 22.0. The number of fused-ring (bicyclic) bond motifs is 1. The van der Waals surface area contributed by atoms with Crippen molar-refractivity contribution in [3.05, 3.63) is 17.5 Å². The molecular formula is C14H24ClN4O13P3. The quantitative estimate of drug-likeness (QED) is 0.111. The van der Waals surface area contributed by atoms with Gasteiger partial charge in [0.25, 0.3) is 0 Å². The number of rotatable bonds is 1. The first-order valence-corrected chi connectivity index (χ1v) is 13.8. The minimum Gasteiger partial charge on any atom is -0.391 e. The van der Waals surface area contributed by atoms with E-state index in [1.807, 2.05) is 23.8 Å². The molecule has 0 bridgehead atoms. The van der Waals surface area contributed by atoms with Gasteiger partial charge in [-0.3, -0.25) is 0 Å². The van der Waals surface area contributed by atoms with Gasteiger partial charge in [-0.1, -0.05) is 5.92 Å². The summed E-state index contributed by atoms with van der Waals surface area (Å²) < 4.78 is 28.6. The molecule has 2 aromatic heterocycles. The van der Waals surface area contributed by atoms with Crippen molar-refractivity contribution in [2.24, 2.45) is 5.41 Å². The Morgan fingerprint density at radius 3 is 1.86 bits per heavy atom. The molecule has 0 amide bonds. The topological polar surface area (TPSA) is 310 Å². The Morgan fingerprint density at radius 2 is 1.49 bits per heavy atom. The molecule has 2 aromatic rings. The minimum atomic E-state index is -4.64. The summed E-state index contributed by atoms with van der Waals surface area (Å²) in [5.74, 6) is 3.06. The lowest BCUT2D eigenvalue weighted by molar-refractivity contribution is 0.104. The van der Waals surface area contributed by atoms with Crippen LogP contribution in [0.3, 0.4) is 0 Å². The first-order valence-electron chi connectivity index (χ1n) is 8.75. The summed E-state index contributed by atoms with van der Waals surface area (Å²) in [7, 11) is -13.9. The zero-order valence-corrected chi connectivity index (χ0v) is 21.1. The van der Waals surface area contributed by atoms with Crippen molar-refractivity contribution in [1.29, 1.82) is 0 Å². The Kier molecular flexibility index (Phi) is 12.2. The van der Waals surface area contributed by atoms with Crippen LogP contribution in [0.4, 0.5) is 5.82 Å². The average Bonchev–Trinajstić information content (AvgIpc) is 3.12. The highest BCUT2D eigenvalue weighted by Crippen LogP contribution is 2.44. The molecule has 1 aliphatic rings. The molecule has 35 heavy (non-hydrogen) atoms. The highest BCUT2D eigenvalue weighted by molar-refractivity contribution is 7.45. The van der Waals surface area contributed by atoms with E-state index in [0.29, 0.717) is 24.3 Å². The van der Waals surface area contributed by atoms with Gasteiger partial charge in [-0.2, -0.15) is 4.98 Å². The van der Waals surface area contributed by atoms with Crippen molar-refractivity contribution in [3.8, 4) is 12.3 Å². The fourth-order valence-electron chi connectivity index (χ4n) is 2.92.